The van der Waals surface area contributed by atoms with Crippen LogP contribution >= 0.6 is 0 Å². The highest BCUT2D eigenvalue weighted by atomic mass is 16.4. The Kier molecular flexibility index (Phi) is 5.07. The predicted molar refractivity (Wildman–Crippen MR) is 95.6 cm³/mol. The van der Waals surface area contributed by atoms with Crippen LogP contribution in [0.3, 0.4) is 0 Å². The summed E-state index contributed by atoms with van der Waals surface area (Å²) in [6.07, 6.45) is -0.0195. The van der Waals surface area contributed by atoms with Crippen molar-refractivity contribution >= 4 is 17.6 Å². The summed E-state index contributed by atoms with van der Waals surface area (Å²) in [5.74, 6) is -1.05. The minimum absolute atomic E-state index is 0.0195. The van der Waals surface area contributed by atoms with E-state index < -0.39 is 5.97 Å². The molecule has 24 heavy (non-hydrogen) atoms. The van der Waals surface area contributed by atoms with E-state index in [0.29, 0.717) is 11.3 Å². The first kappa shape index (κ1) is 17.7. The molecule has 126 valence electrons. The largest absolute Gasteiger partial charge is 0.481 e. The zero-order chi connectivity index (χ0) is 17.9. The molecule has 0 aliphatic carbocycles. The molecule has 4 heteroatoms. The summed E-state index contributed by atoms with van der Waals surface area (Å²) in [4.78, 5) is 23.1. The maximum atomic E-state index is 12.3. The van der Waals surface area contributed by atoms with Crippen LogP contribution in [0.4, 0.5) is 5.69 Å². The van der Waals surface area contributed by atoms with Crippen LogP contribution in [0.5, 0.6) is 0 Å². The first-order valence-electron chi connectivity index (χ1n) is 7.90. The highest BCUT2D eigenvalue weighted by Crippen LogP contribution is 2.23. The van der Waals surface area contributed by atoms with Crippen LogP contribution in [0.25, 0.3) is 0 Å². The molecule has 0 heterocycles. The van der Waals surface area contributed by atoms with Gasteiger partial charge in [-0.05, 0) is 53.3 Å². The molecular weight excluding hydrogens is 302 g/mol. The predicted octanol–water partition coefficient (Wildman–Crippen LogP) is 4.17. The molecule has 0 fully saturated rings. The van der Waals surface area contributed by atoms with Gasteiger partial charge in [-0.25, -0.2) is 0 Å². The van der Waals surface area contributed by atoms with Gasteiger partial charge in [0.1, 0.15) is 0 Å². The average molecular weight is 325 g/mol. The molecule has 0 saturated heterocycles. The SMILES string of the molecule is Cc1cc(NC(=O)c2ccc(C(C)(C)C)cc2)ccc1CC(=O)O. The lowest BCUT2D eigenvalue weighted by molar-refractivity contribution is -0.136. The number of amides is 1. The van der Waals surface area contributed by atoms with E-state index in [1.165, 1.54) is 5.56 Å². The molecule has 4 nitrogen and oxygen atoms in total. The van der Waals surface area contributed by atoms with Gasteiger partial charge >= 0.3 is 5.97 Å². The number of aliphatic carboxylic acids is 1. The lowest BCUT2D eigenvalue weighted by Gasteiger charge is -2.19. The third kappa shape index (κ3) is 4.44. The van der Waals surface area contributed by atoms with E-state index >= 15 is 0 Å². The van der Waals surface area contributed by atoms with Gasteiger partial charge in [0.05, 0.1) is 6.42 Å². The lowest BCUT2D eigenvalue weighted by Crippen LogP contribution is -2.14. The first-order chi connectivity index (χ1) is 11.2. The molecular formula is C20H23NO3. The molecule has 0 aliphatic rings. The van der Waals surface area contributed by atoms with Crippen LogP contribution in [0.2, 0.25) is 0 Å². The van der Waals surface area contributed by atoms with Crippen molar-refractivity contribution in [2.75, 3.05) is 5.32 Å². The van der Waals surface area contributed by atoms with Gasteiger partial charge in [0.25, 0.3) is 5.91 Å². The zero-order valence-electron chi connectivity index (χ0n) is 14.5. The fourth-order valence-electron chi connectivity index (χ4n) is 2.46. The molecule has 0 aromatic heterocycles. The number of carbonyl (C=O) groups excluding carboxylic acids is 1. The molecule has 2 aromatic rings. The molecule has 1 amide bonds. The highest BCUT2D eigenvalue weighted by Gasteiger charge is 2.14. The number of carboxylic acids is 1. The second kappa shape index (κ2) is 6.87. The van der Waals surface area contributed by atoms with E-state index in [1.54, 1.807) is 18.2 Å². The van der Waals surface area contributed by atoms with Crippen molar-refractivity contribution in [1.82, 2.24) is 0 Å². The van der Waals surface area contributed by atoms with Crippen LogP contribution < -0.4 is 5.32 Å². The smallest absolute Gasteiger partial charge is 0.307 e. The number of benzene rings is 2. The number of aryl methyl sites for hydroxylation is 1. The summed E-state index contributed by atoms with van der Waals surface area (Å²) in [6, 6.07) is 12.8. The number of hydrogen-bond acceptors (Lipinski definition) is 2. The molecule has 2 rings (SSSR count). The van der Waals surface area contributed by atoms with Gasteiger partial charge < -0.3 is 10.4 Å². The Labute approximate surface area is 142 Å². The standard InChI is InChI=1S/C20H23NO3/c1-13-11-17(10-7-15(13)12-18(22)23)21-19(24)14-5-8-16(9-6-14)20(2,3)4/h5-11H,12H2,1-4H3,(H,21,24)(H,22,23). The Bertz CT molecular complexity index is 755. The molecule has 2 aromatic carbocycles. The molecule has 2 N–H and O–H groups in total. The summed E-state index contributed by atoms with van der Waals surface area (Å²) < 4.78 is 0. The van der Waals surface area contributed by atoms with Gasteiger partial charge in [0.2, 0.25) is 0 Å². The number of nitrogens with one attached hydrogen (secondary N) is 1. The Morgan fingerprint density at radius 3 is 2.17 bits per heavy atom. The van der Waals surface area contributed by atoms with Crippen LogP contribution in [0.15, 0.2) is 42.5 Å². The number of rotatable bonds is 4. The van der Waals surface area contributed by atoms with Gasteiger partial charge in [-0.1, -0.05) is 39.0 Å². The topological polar surface area (TPSA) is 66.4 Å². The maximum Gasteiger partial charge on any atom is 0.307 e. The quantitative estimate of drug-likeness (QED) is 0.886. The van der Waals surface area contributed by atoms with Crippen molar-refractivity contribution in [3.8, 4) is 0 Å². The fourth-order valence-corrected chi connectivity index (χ4v) is 2.46. The number of carbonyl (C=O) groups is 2. The average Bonchev–Trinajstić information content (AvgIpc) is 2.49. The Morgan fingerprint density at radius 1 is 1.04 bits per heavy atom. The van der Waals surface area contributed by atoms with Crippen LogP contribution in [0, 0.1) is 6.92 Å². The Balaban J connectivity index is 2.12. The first-order valence-corrected chi connectivity index (χ1v) is 7.90. The molecule has 0 bridgehead atoms. The van der Waals surface area contributed by atoms with E-state index in [0.717, 1.165) is 11.1 Å². The fraction of sp³-hybridized carbons (Fsp3) is 0.300. The Hall–Kier alpha value is -2.62. The van der Waals surface area contributed by atoms with Crippen molar-refractivity contribution in [1.29, 1.82) is 0 Å². The molecule has 0 unspecified atom stereocenters. The molecule has 0 radical (unpaired) electrons. The highest BCUT2D eigenvalue weighted by molar-refractivity contribution is 6.04. The number of anilines is 1. The van der Waals surface area contributed by atoms with Gasteiger partial charge in [0, 0.05) is 11.3 Å². The second-order valence-corrected chi connectivity index (χ2v) is 6.99. The van der Waals surface area contributed by atoms with Gasteiger partial charge in [0.15, 0.2) is 0 Å². The zero-order valence-corrected chi connectivity index (χ0v) is 14.5. The third-order valence-electron chi connectivity index (χ3n) is 3.96. The van der Waals surface area contributed by atoms with E-state index in [2.05, 4.69) is 26.1 Å². The molecule has 0 saturated carbocycles. The van der Waals surface area contributed by atoms with E-state index in [4.69, 9.17) is 5.11 Å². The monoisotopic (exact) mass is 325 g/mol. The summed E-state index contributed by atoms with van der Waals surface area (Å²) in [7, 11) is 0. The van der Waals surface area contributed by atoms with Gasteiger partial charge in [-0.2, -0.15) is 0 Å². The summed E-state index contributed by atoms with van der Waals surface area (Å²) in [5, 5.41) is 11.7. The molecule has 0 aliphatic heterocycles. The van der Waals surface area contributed by atoms with E-state index in [9.17, 15) is 9.59 Å². The van der Waals surface area contributed by atoms with Crippen LogP contribution in [0.1, 0.15) is 47.8 Å². The minimum atomic E-state index is -0.867. The lowest BCUT2D eigenvalue weighted by atomic mass is 9.87. The van der Waals surface area contributed by atoms with Gasteiger partial charge in [-0.3, -0.25) is 9.59 Å². The van der Waals surface area contributed by atoms with Crippen LogP contribution in [-0.2, 0) is 16.6 Å². The number of hydrogen-bond donors (Lipinski definition) is 2. The second-order valence-electron chi connectivity index (χ2n) is 6.99. The van der Waals surface area contributed by atoms with Crippen LogP contribution in [-0.4, -0.2) is 17.0 Å². The van der Waals surface area contributed by atoms with E-state index in [-0.39, 0.29) is 17.7 Å². The third-order valence-corrected chi connectivity index (χ3v) is 3.96. The van der Waals surface area contributed by atoms with E-state index in [1.807, 2.05) is 31.2 Å². The van der Waals surface area contributed by atoms with Crippen molar-refractivity contribution in [2.45, 2.75) is 39.5 Å². The van der Waals surface area contributed by atoms with Crippen molar-refractivity contribution in [3.05, 3.63) is 64.7 Å². The summed E-state index contributed by atoms with van der Waals surface area (Å²) >= 11 is 0. The summed E-state index contributed by atoms with van der Waals surface area (Å²) in [5.41, 5.74) is 4.06. The Morgan fingerprint density at radius 2 is 1.67 bits per heavy atom. The summed E-state index contributed by atoms with van der Waals surface area (Å²) in [6.45, 7) is 8.22. The number of carboxylic acid groups (broad SMARTS) is 1. The minimum Gasteiger partial charge on any atom is -0.481 e. The van der Waals surface area contributed by atoms with Crippen molar-refractivity contribution < 1.29 is 14.7 Å². The van der Waals surface area contributed by atoms with Crippen molar-refractivity contribution in [3.63, 3.8) is 0 Å². The van der Waals surface area contributed by atoms with Crippen molar-refractivity contribution in [2.24, 2.45) is 0 Å². The van der Waals surface area contributed by atoms with Gasteiger partial charge in [-0.15, -0.1) is 0 Å². The molecule has 0 atom stereocenters. The normalized spacial score (nSPS) is 11.2. The molecule has 0 spiro atoms. The maximum absolute atomic E-state index is 12.3.